The molecule has 1 fully saturated rings. The van der Waals surface area contributed by atoms with Crippen molar-refractivity contribution in [3.05, 3.63) is 59.1 Å². The lowest BCUT2D eigenvalue weighted by atomic mass is 10.1. The molecule has 0 N–H and O–H groups in total. The average Bonchev–Trinajstić information content (AvgIpc) is 2.66. The van der Waals surface area contributed by atoms with Crippen molar-refractivity contribution in [1.82, 2.24) is 4.90 Å². The standard InChI is InChI=1S/C20H22ClNO3/c21-17-7-5-9-19(15-17)25-13-12-24-18-8-4-6-16(14-18)20(23)22-10-2-1-3-11-22/h4-9,14-15H,1-3,10-13H2. The summed E-state index contributed by atoms with van der Waals surface area (Å²) in [5, 5.41) is 0.641. The van der Waals surface area contributed by atoms with Crippen molar-refractivity contribution < 1.29 is 14.3 Å². The molecule has 0 unspecified atom stereocenters. The summed E-state index contributed by atoms with van der Waals surface area (Å²) in [7, 11) is 0. The molecule has 2 aromatic carbocycles. The Morgan fingerprint density at radius 1 is 0.920 bits per heavy atom. The van der Waals surface area contributed by atoms with Gasteiger partial charge in [-0.2, -0.15) is 0 Å². The first-order chi connectivity index (χ1) is 12.2. The lowest BCUT2D eigenvalue weighted by molar-refractivity contribution is 0.0724. The molecule has 3 rings (SSSR count). The van der Waals surface area contributed by atoms with Gasteiger partial charge in [-0.15, -0.1) is 0 Å². The summed E-state index contributed by atoms with van der Waals surface area (Å²) < 4.78 is 11.3. The van der Waals surface area contributed by atoms with Gasteiger partial charge in [0.25, 0.3) is 5.91 Å². The van der Waals surface area contributed by atoms with Gasteiger partial charge in [-0.05, 0) is 55.7 Å². The number of hydrogen-bond acceptors (Lipinski definition) is 3. The molecule has 0 spiro atoms. The van der Waals surface area contributed by atoms with E-state index in [9.17, 15) is 4.79 Å². The van der Waals surface area contributed by atoms with Gasteiger partial charge >= 0.3 is 0 Å². The molecule has 1 amide bonds. The van der Waals surface area contributed by atoms with E-state index in [1.54, 1.807) is 18.2 Å². The number of likely N-dealkylation sites (tertiary alicyclic amines) is 1. The molecular weight excluding hydrogens is 338 g/mol. The van der Waals surface area contributed by atoms with Crippen LogP contribution in [0.25, 0.3) is 0 Å². The summed E-state index contributed by atoms with van der Waals surface area (Å²) in [5.74, 6) is 1.48. The van der Waals surface area contributed by atoms with Crippen LogP contribution in [0.1, 0.15) is 29.6 Å². The van der Waals surface area contributed by atoms with E-state index >= 15 is 0 Å². The van der Waals surface area contributed by atoms with E-state index in [-0.39, 0.29) is 5.91 Å². The van der Waals surface area contributed by atoms with E-state index in [1.807, 2.05) is 35.2 Å². The summed E-state index contributed by atoms with van der Waals surface area (Å²) in [6.45, 7) is 2.49. The van der Waals surface area contributed by atoms with Gasteiger partial charge in [0.2, 0.25) is 0 Å². The first-order valence-electron chi connectivity index (χ1n) is 8.63. The Labute approximate surface area is 153 Å². The van der Waals surface area contributed by atoms with Crippen molar-refractivity contribution in [2.45, 2.75) is 19.3 Å². The number of amides is 1. The van der Waals surface area contributed by atoms with Crippen LogP contribution in [0.2, 0.25) is 5.02 Å². The van der Waals surface area contributed by atoms with Crippen LogP contribution in [0.4, 0.5) is 0 Å². The Balaban J connectivity index is 1.50. The van der Waals surface area contributed by atoms with Crippen LogP contribution in [-0.4, -0.2) is 37.1 Å². The van der Waals surface area contributed by atoms with Crippen molar-refractivity contribution in [3.63, 3.8) is 0 Å². The van der Waals surface area contributed by atoms with Gasteiger partial charge in [-0.3, -0.25) is 4.79 Å². The molecule has 1 heterocycles. The fraction of sp³-hybridized carbons (Fsp3) is 0.350. The van der Waals surface area contributed by atoms with Gasteiger partial charge in [-0.25, -0.2) is 0 Å². The molecule has 0 saturated carbocycles. The molecule has 0 bridgehead atoms. The largest absolute Gasteiger partial charge is 0.490 e. The highest BCUT2D eigenvalue weighted by atomic mass is 35.5. The monoisotopic (exact) mass is 359 g/mol. The lowest BCUT2D eigenvalue weighted by Gasteiger charge is -2.26. The zero-order valence-electron chi connectivity index (χ0n) is 14.1. The minimum Gasteiger partial charge on any atom is -0.490 e. The van der Waals surface area contributed by atoms with E-state index in [0.29, 0.717) is 35.3 Å². The van der Waals surface area contributed by atoms with Gasteiger partial charge in [0, 0.05) is 23.7 Å². The van der Waals surface area contributed by atoms with Crippen molar-refractivity contribution in [2.24, 2.45) is 0 Å². The number of piperidine rings is 1. The summed E-state index contributed by atoms with van der Waals surface area (Å²) in [6.07, 6.45) is 3.38. The van der Waals surface area contributed by atoms with Gasteiger partial charge in [0.1, 0.15) is 24.7 Å². The zero-order chi connectivity index (χ0) is 17.5. The van der Waals surface area contributed by atoms with E-state index in [1.165, 1.54) is 6.42 Å². The second-order valence-corrected chi connectivity index (χ2v) is 6.47. The molecule has 4 nitrogen and oxygen atoms in total. The third kappa shape index (κ3) is 5.13. The van der Waals surface area contributed by atoms with Crippen LogP contribution in [0.3, 0.4) is 0 Å². The smallest absolute Gasteiger partial charge is 0.253 e. The highest BCUT2D eigenvalue weighted by molar-refractivity contribution is 6.30. The van der Waals surface area contributed by atoms with E-state index in [0.717, 1.165) is 25.9 Å². The van der Waals surface area contributed by atoms with Crippen LogP contribution in [0, 0.1) is 0 Å². The molecular formula is C20H22ClNO3. The van der Waals surface area contributed by atoms with Crippen molar-refractivity contribution in [2.75, 3.05) is 26.3 Å². The van der Waals surface area contributed by atoms with Gasteiger partial charge in [-0.1, -0.05) is 23.7 Å². The topological polar surface area (TPSA) is 38.8 Å². The Morgan fingerprint density at radius 3 is 2.24 bits per heavy atom. The molecule has 1 saturated heterocycles. The Bertz CT molecular complexity index is 714. The Kier molecular flexibility index (Phi) is 6.18. The maximum atomic E-state index is 12.5. The Morgan fingerprint density at radius 2 is 1.56 bits per heavy atom. The fourth-order valence-corrected chi connectivity index (χ4v) is 3.05. The molecule has 1 aliphatic rings. The summed E-state index contributed by atoms with van der Waals surface area (Å²) in [4.78, 5) is 14.5. The molecule has 0 aliphatic carbocycles. The number of carbonyl (C=O) groups is 1. The van der Waals surface area contributed by atoms with Crippen LogP contribution in [0.5, 0.6) is 11.5 Å². The van der Waals surface area contributed by atoms with Crippen molar-refractivity contribution >= 4 is 17.5 Å². The third-order valence-corrected chi connectivity index (χ3v) is 4.38. The van der Waals surface area contributed by atoms with Gasteiger partial charge in [0.15, 0.2) is 0 Å². The predicted octanol–water partition coefficient (Wildman–Crippen LogP) is 4.42. The molecule has 5 heteroatoms. The Hall–Kier alpha value is -2.20. The first-order valence-corrected chi connectivity index (χ1v) is 9.01. The SMILES string of the molecule is O=C(c1cccc(OCCOc2cccc(Cl)c2)c1)N1CCCCC1. The highest BCUT2D eigenvalue weighted by Crippen LogP contribution is 2.19. The summed E-state index contributed by atoms with van der Waals surface area (Å²) in [5.41, 5.74) is 0.676. The quantitative estimate of drug-likeness (QED) is 0.716. The second-order valence-electron chi connectivity index (χ2n) is 6.03. The molecule has 0 atom stereocenters. The maximum Gasteiger partial charge on any atom is 0.253 e. The highest BCUT2D eigenvalue weighted by Gasteiger charge is 2.18. The van der Waals surface area contributed by atoms with Crippen molar-refractivity contribution in [3.8, 4) is 11.5 Å². The number of hydrogen-bond donors (Lipinski definition) is 0. The first kappa shape index (κ1) is 17.6. The maximum absolute atomic E-state index is 12.5. The van der Waals surface area contributed by atoms with Gasteiger partial charge in [0.05, 0.1) is 0 Å². The van der Waals surface area contributed by atoms with Gasteiger partial charge < -0.3 is 14.4 Å². The third-order valence-electron chi connectivity index (χ3n) is 4.14. The van der Waals surface area contributed by atoms with Crippen LogP contribution < -0.4 is 9.47 Å². The zero-order valence-corrected chi connectivity index (χ0v) is 14.9. The predicted molar refractivity (Wildman–Crippen MR) is 98.6 cm³/mol. The fourth-order valence-electron chi connectivity index (χ4n) is 2.87. The lowest BCUT2D eigenvalue weighted by Crippen LogP contribution is -2.35. The van der Waals surface area contributed by atoms with Crippen LogP contribution >= 0.6 is 11.6 Å². The minimum atomic E-state index is 0.0836. The minimum absolute atomic E-state index is 0.0836. The molecule has 2 aromatic rings. The molecule has 25 heavy (non-hydrogen) atoms. The number of halogens is 1. The molecule has 0 aromatic heterocycles. The van der Waals surface area contributed by atoms with Crippen molar-refractivity contribution in [1.29, 1.82) is 0 Å². The van der Waals surface area contributed by atoms with E-state index in [4.69, 9.17) is 21.1 Å². The number of benzene rings is 2. The molecule has 132 valence electrons. The number of nitrogens with zero attached hydrogens (tertiary/aromatic N) is 1. The number of ether oxygens (including phenoxy) is 2. The van der Waals surface area contributed by atoms with Crippen LogP contribution in [-0.2, 0) is 0 Å². The van der Waals surface area contributed by atoms with Crippen LogP contribution in [0.15, 0.2) is 48.5 Å². The summed E-state index contributed by atoms with van der Waals surface area (Å²) >= 11 is 5.92. The number of rotatable bonds is 6. The molecule has 0 radical (unpaired) electrons. The number of carbonyl (C=O) groups excluding carboxylic acids is 1. The van der Waals surface area contributed by atoms with E-state index in [2.05, 4.69) is 0 Å². The normalized spacial score (nSPS) is 14.2. The molecule has 1 aliphatic heterocycles. The second kappa shape index (κ2) is 8.77. The summed E-state index contributed by atoms with van der Waals surface area (Å²) in [6, 6.07) is 14.6. The van der Waals surface area contributed by atoms with E-state index < -0.39 is 0 Å². The average molecular weight is 360 g/mol.